The van der Waals surface area contributed by atoms with Gasteiger partial charge in [0.15, 0.2) is 0 Å². The zero-order valence-corrected chi connectivity index (χ0v) is 9.18. The van der Waals surface area contributed by atoms with Crippen molar-refractivity contribution in [1.82, 2.24) is 4.90 Å². The van der Waals surface area contributed by atoms with Gasteiger partial charge in [-0.2, -0.15) is 0 Å². The number of hydrogen-bond acceptors (Lipinski definition) is 1. The maximum absolute atomic E-state index is 11.4. The Morgan fingerprint density at radius 1 is 1.46 bits per heavy atom. The maximum Gasteiger partial charge on any atom is 0.222 e. The SMILES string of the molecule is CCC(=O)N(C)C1CCCCC1Cl. The van der Waals surface area contributed by atoms with Crippen molar-refractivity contribution < 1.29 is 4.79 Å². The van der Waals surface area contributed by atoms with Gasteiger partial charge in [0.1, 0.15) is 0 Å². The molecule has 0 bridgehead atoms. The lowest BCUT2D eigenvalue weighted by Gasteiger charge is -2.34. The molecule has 1 amide bonds. The lowest BCUT2D eigenvalue weighted by molar-refractivity contribution is -0.132. The van der Waals surface area contributed by atoms with Crippen molar-refractivity contribution in [2.24, 2.45) is 0 Å². The van der Waals surface area contributed by atoms with Crippen LogP contribution in [-0.2, 0) is 4.79 Å². The van der Waals surface area contributed by atoms with Gasteiger partial charge in [-0.15, -0.1) is 11.6 Å². The summed E-state index contributed by atoms with van der Waals surface area (Å²) in [6, 6.07) is 0.267. The quantitative estimate of drug-likeness (QED) is 0.632. The predicted molar refractivity (Wildman–Crippen MR) is 55.0 cm³/mol. The van der Waals surface area contributed by atoms with E-state index in [0.29, 0.717) is 6.42 Å². The Labute approximate surface area is 85.2 Å². The Morgan fingerprint density at radius 2 is 2.08 bits per heavy atom. The Bertz CT molecular complexity index is 184. The van der Waals surface area contributed by atoms with E-state index in [1.54, 1.807) is 0 Å². The number of nitrogens with zero attached hydrogens (tertiary/aromatic N) is 1. The van der Waals surface area contributed by atoms with Crippen LogP contribution in [0.4, 0.5) is 0 Å². The molecule has 13 heavy (non-hydrogen) atoms. The molecule has 0 aromatic rings. The Hall–Kier alpha value is -0.240. The molecule has 0 aromatic heterocycles. The third-order valence-electron chi connectivity index (χ3n) is 2.84. The van der Waals surface area contributed by atoms with Crippen molar-refractivity contribution >= 4 is 17.5 Å². The third kappa shape index (κ3) is 2.60. The second kappa shape index (κ2) is 4.85. The Morgan fingerprint density at radius 3 is 2.62 bits per heavy atom. The van der Waals surface area contributed by atoms with Crippen molar-refractivity contribution in [1.29, 1.82) is 0 Å². The van der Waals surface area contributed by atoms with Crippen LogP contribution in [0.3, 0.4) is 0 Å². The second-order valence-corrected chi connectivity index (χ2v) is 4.29. The molecule has 1 aliphatic carbocycles. The van der Waals surface area contributed by atoms with E-state index in [1.165, 1.54) is 12.8 Å². The summed E-state index contributed by atoms with van der Waals surface area (Å²) in [5, 5.41) is 0.161. The topological polar surface area (TPSA) is 20.3 Å². The highest BCUT2D eigenvalue weighted by Crippen LogP contribution is 2.26. The summed E-state index contributed by atoms with van der Waals surface area (Å²) >= 11 is 6.18. The van der Waals surface area contributed by atoms with Crippen molar-refractivity contribution in [3.8, 4) is 0 Å². The van der Waals surface area contributed by atoms with Crippen molar-refractivity contribution in [2.75, 3.05) is 7.05 Å². The summed E-state index contributed by atoms with van der Waals surface area (Å²) in [5.41, 5.74) is 0. The van der Waals surface area contributed by atoms with E-state index >= 15 is 0 Å². The molecule has 2 unspecified atom stereocenters. The van der Waals surface area contributed by atoms with Crippen LogP contribution in [-0.4, -0.2) is 29.3 Å². The third-order valence-corrected chi connectivity index (χ3v) is 3.35. The van der Waals surface area contributed by atoms with Crippen LogP contribution in [0.25, 0.3) is 0 Å². The van der Waals surface area contributed by atoms with Gasteiger partial charge in [-0.25, -0.2) is 0 Å². The molecule has 1 saturated carbocycles. The first-order valence-electron chi connectivity index (χ1n) is 5.06. The smallest absolute Gasteiger partial charge is 0.222 e. The van der Waals surface area contributed by atoms with Gasteiger partial charge in [0.2, 0.25) is 5.91 Å². The van der Waals surface area contributed by atoms with Crippen LogP contribution in [0.5, 0.6) is 0 Å². The van der Waals surface area contributed by atoms with E-state index in [1.807, 2.05) is 18.9 Å². The zero-order chi connectivity index (χ0) is 9.84. The highest BCUT2D eigenvalue weighted by molar-refractivity contribution is 6.21. The fourth-order valence-corrected chi connectivity index (χ4v) is 2.39. The molecule has 0 radical (unpaired) electrons. The van der Waals surface area contributed by atoms with Crippen molar-refractivity contribution in [2.45, 2.75) is 50.4 Å². The minimum atomic E-state index is 0.161. The molecule has 0 spiro atoms. The molecule has 0 saturated heterocycles. The molecule has 2 atom stereocenters. The standard InChI is InChI=1S/C10H18ClNO/c1-3-10(13)12(2)9-7-5-4-6-8(9)11/h8-9H,3-7H2,1-2H3. The molecule has 2 nitrogen and oxygen atoms in total. The maximum atomic E-state index is 11.4. The summed E-state index contributed by atoms with van der Waals surface area (Å²) in [7, 11) is 1.87. The van der Waals surface area contributed by atoms with Gasteiger partial charge in [-0.3, -0.25) is 4.79 Å². The summed E-state index contributed by atoms with van der Waals surface area (Å²) in [6.45, 7) is 1.89. The van der Waals surface area contributed by atoms with E-state index in [9.17, 15) is 4.79 Å². The number of rotatable bonds is 2. The molecular weight excluding hydrogens is 186 g/mol. The number of alkyl halides is 1. The highest BCUT2D eigenvalue weighted by atomic mass is 35.5. The van der Waals surface area contributed by atoms with Gasteiger partial charge in [-0.05, 0) is 12.8 Å². The van der Waals surface area contributed by atoms with E-state index < -0.39 is 0 Å². The second-order valence-electron chi connectivity index (χ2n) is 3.73. The average molecular weight is 204 g/mol. The van der Waals surface area contributed by atoms with Gasteiger partial charge in [0.05, 0.1) is 5.38 Å². The molecule has 0 N–H and O–H groups in total. The van der Waals surface area contributed by atoms with Gasteiger partial charge in [0.25, 0.3) is 0 Å². The van der Waals surface area contributed by atoms with Gasteiger partial charge in [-0.1, -0.05) is 19.8 Å². The lowest BCUT2D eigenvalue weighted by atomic mass is 9.94. The van der Waals surface area contributed by atoms with E-state index in [-0.39, 0.29) is 17.3 Å². The summed E-state index contributed by atoms with van der Waals surface area (Å²) < 4.78 is 0. The van der Waals surface area contributed by atoms with Gasteiger partial charge in [0, 0.05) is 19.5 Å². The molecule has 0 aliphatic heterocycles. The lowest BCUT2D eigenvalue weighted by Crippen LogP contribution is -2.43. The molecule has 0 heterocycles. The van der Waals surface area contributed by atoms with Crippen molar-refractivity contribution in [3.05, 3.63) is 0 Å². The molecule has 1 fully saturated rings. The van der Waals surface area contributed by atoms with Crippen LogP contribution in [0.15, 0.2) is 0 Å². The molecule has 0 aromatic carbocycles. The van der Waals surface area contributed by atoms with Crippen LogP contribution in [0, 0.1) is 0 Å². The number of carbonyl (C=O) groups is 1. The van der Waals surface area contributed by atoms with E-state index in [2.05, 4.69) is 0 Å². The fraction of sp³-hybridized carbons (Fsp3) is 0.900. The minimum Gasteiger partial charge on any atom is -0.341 e. The monoisotopic (exact) mass is 203 g/mol. The summed E-state index contributed by atoms with van der Waals surface area (Å²) in [4.78, 5) is 13.3. The Balaban J connectivity index is 2.53. The number of carbonyl (C=O) groups excluding carboxylic acids is 1. The first kappa shape index (κ1) is 10.8. The summed E-state index contributed by atoms with van der Waals surface area (Å²) in [6.07, 6.45) is 5.11. The molecular formula is C10H18ClNO. The van der Waals surface area contributed by atoms with Crippen LogP contribution in [0.1, 0.15) is 39.0 Å². The average Bonchev–Trinajstić information content (AvgIpc) is 2.16. The van der Waals surface area contributed by atoms with E-state index in [0.717, 1.165) is 12.8 Å². The Kier molecular flexibility index (Phi) is 4.04. The normalized spacial score (nSPS) is 28.5. The first-order chi connectivity index (χ1) is 6.16. The fourth-order valence-electron chi connectivity index (χ4n) is 1.94. The van der Waals surface area contributed by atoms with Crippen molar-refractivity contribution in [3.63, 3.8) is 0 Å². The molecule has 3 heteroatoms. The van der Waals surface area contributed by atoms with Gasteiger partial charge >= 0.3 is 0 Å². The minimum absolute atomic E-state index is 0.161. The summed E-state index contributed by atoms with van der Waals surface area (Å²) in [5.74, 6) is 0.206. The molecule has 1 rings (SSSR count). The number of amides is 1. The first-order valence-corrected chi connectivity index (χ1v) is 5.50. The molecule has 1 aliphatic rings. The van der Waals surface area contributed by atoms with Crippen LogP contribution >= 0.6 is 11.6 Å². The predicted octanol–water partition coefficient (Wildman–Crippen LogP) is 2.40. The molecule has 76 valence electrons. The van der Waals surface area contributed by atoms with Crippen LogP contribution < -0.4 is 0 Å². The van der Waals surface area contributed by atoms with Crippen LogP contribution in [0.2, 0.25) is 0 Å². The number of halogens is 1. The van der Waals surface area contributed by atoms with E-state index in [4.69, 9.17) is 11.6 Å². The largest absolute Gasteiger partial charge is 0.341 e. The number of hydrogen-bond donors (Lipinski definition) is 0. The highest BCUT2D eigenvalue weighted by Gasteiger charge is 2.28. The zero-order valence-electron chi connectivity index (χ0n) is 8.42. The van der Waals surface area contributed by atoms with Gasteiger partial charge < -0.3 is 4.90 Å².